The molecule has 0 aliphatic carbocycles. The highest BCUT2D eigenvalue weighted by molar-refractivity contribution is 9.11. The summed E-state index contributed by atoms with van der Waals surface area (Å²) >= 11 is 6.52. The van der Waals surface area contributed by atoms with Crippen molar-refractivity contribution in [2.75, 3.05) is 4.90 Å². The lowest BCUT2D eigenvalue weighted by atomic mass is 10.1. The lowest BCUT2D eigenvalue weighted by Crippen LogP contribution is -2.54. The van der Waals surface area contributed by atoms with Crippen molar-refractivity contribution >= 4 is 71.6 Å². The first kappa shape index (κ1) is 24.6. The van der Waals surface area contributed by atoms with Crippen LogP contribution in [0.4, 0.5) is 10.5 Å². The average molecular weight is 622 g/mol. The van der Waals surface area contributed by atoms with Crippen molar-refractivity contribution in [3.8, 4) is 11.5 Å². The summed E-state index contributed by atoms with van der Waals surface area (Å²) in [6.07, 6.45) is 1.25. The number of phenolic OH excluding ortho intramolecular Hbond substituents is 1. The number of halogens is 2. The number of anilines is 1. The Morgan fingerprint density at radius 2 is 1.51 bits per heavy atom. The number of carbonyl (C=O) groups excluding carboxylic acids is 3. The van der Waals surface area contributed by atoms with Crippen molar-refractivity contribution in [3.63, 3.8) is 0 Å². The highest BCUT2D eigenvalue weighted by Crippen LogP contribution is 2.37. The summed E-state index contributed by atoms with van der Waals surface area (Å²) in [5.41, 5.74) is 0.162. The van der Waals surface area contributed by atoms with E-state index in [1.165, 1.54) is 54.6 Å². The Kier molecular flexibility index (Phi) is 6.79. The number of rotatable bonds is 5. The lowest BCUT2D eigenvalue weighted by Gasteiger charge is -2.26. The lowest BCUT2D eigenvalue weighted by molar-refractivity contribution is -0.122. The summed E-state index contributed by atoms with van der Waals surface area (Å²) in [5.74, 6) is -1.86. The predicted molar refractivity (Wildman–Crippen MR) is 133 cm³/mol. The second-order valence-corrected chi connectivity index (χ2v) is 10.4. The highest BCUT2D eigenvalue weighted by atomic mass is 79.9. The standard InChI is InChI=1S/C23H14Br2N2O7S/c24-18-11-13(12-19(25)20(18)34-35(32,33)16-4-2-1-3-5-16)10-17-21(29)26-23(31)27(22(17)30)14-6-8-15(28)9-7-14/h1-12,28H,(H,26,29,31)/b17-10+. The van der Waals surface area contributed by atoms with Gasteiger partial charge in [-0.15, -0.1) is 0 Å². The van der Waals surface area contributed by atoms with Crippen LogP contribution in [0.3, 0.4) is 0 Å². The number of nitrogens with one attached hydrogen (secondary N) is 1. The molecular formula is C23H14Br2N2O7S. The molecule has 0 atom stereocenters. The van der Waals surface area contributed by atoms with E-state index in [0.29, 0.717) is 5.56 Å². The zero-order valence-electron chi connectivity index (χ0n) is 17.4. The molecule has 9 nitrogen and oxygen atoms in total. The van der Waals surface area contributed by atoms with Gasteiger partial charge in [0.05, 0.1) is 14.6 Å². The second kappa shape index (κ2) is 9.64. The molecule has 3 aromatic carbocycles. The first-order valence-electron chi connectivity index (χ1n) is 9.76. The number of phenols is 1. The minimum absolute atomic E-state index is 0.0312. The molecule has 3 aromatic rings. The number of hydrogen-bond acceptors (Lipinski definition) is 7. The number of urea groups is 1. The van der Waals surface area contributed by atoms with Crippen LogP contribution >= 0.6 is 31.9 Å². The van der Waals surface area contributed by atoms with Crippen molar-refractivity contribution < 1.29 is 32.1 Å². The Hall–Kier alpha value is -3.48. The summed E-state index contributed by atoms with van der Waals surface area (Å²) in [6, 6.07) is 14.9. The first-order chi connectivity index (χ1) is 16.6. The summed E-state index contributed by atoms with van der Waals surface area (Å²) in [7, 11) is -4.12. The van der Waals surface area contributed by atoms with E-state index in [-0.39, 0.29) is 36.6 Å². The fraction of sp³-hybridized carbons (Fsp3) is 0. The Bertz CT molecular complexity index is 1470. The van der Waals surface area contributed by atoms with Gasteiger partial charge < -0.3 is 9.29 Å². The van der Waals surface area contributed by atoms with Crippen LogP contribution in [0.5, 0.6) is 11.5 Å². The summed E-state index contributed by atoms with van der Waals surface area (Å²) < 4.78 is 30.9. The second-order valence-electron chi connectivity index (χ2n) is 7.14. The molecule has 0 aromatic heterocycles. The summed E-state index contributed by atoms with van der Waals surface area (Å²) in [5, 5.41) is 11.6. The Morgan fingerprint density at radius 1 is 0.914 bits per heavy atom. The van der Waals surface area contributed by atoms with Crippen molar-refractivity contribution in [2.24, 2.45) is 0 Å². The van der Waals surface area contributed by atoms with Gasteiger partial charge in [-0.3, -0.25) is 14.9 Å². The third-order valence-corrected chi connectivity index (χ3v) is 7.18. The number of nitrogens with zero attached hydrogens (tertiary/aromatic N) is 1. The van der Waals surface area contributed by atoms with Crippen LogP contribution in [0.15, 0.2) is 86.1 Å². The molecule has 1 aliphatic heterocycles. The third kappa shape index (κ3) is 5.14. The van der Waals surface area contributed by atoms with Gasteiger partial charge in [0, 0.05) is 0 Å². The first-order valence-corrected chi connectivity index (χ1v) is 12.8. The molecule has 0 radical (unpaired) electrons. The average Bonchev–Trinajstić information content (AvgIpc) is 2.81. The monoisotopic (exact) mass is 620 g/mol. The number of hydrogen-bond donors (Lipinski definition) is 2. The van der Waals surface area contributed by atoms with Crippen LogP contribution < -0.4 is 14.4 Å². The number of barbiturate groups is 1. The van der Waals surface area contributed by atoms with Gasteiger partial charge in [0.1, 0.15) is 16.2 Å². The van der Waals surface area contributed by atoms with Gasteiger partial charge in [-0.25, -0.2) is 9.69 Å². The smallest absolute Gasteiger partial charge is 0.339 e. The summed E-state index contributed by atoms with van der Waals surface area (Å²) in [4.78, 5) is 38.4. The predicted octanol–water partition coefficient (Wildman–Crippen LogP) is 4.35. The minimum Gasteiger partial charge on any atom is -0.508 e. The van der Waals surface area contributed by atoms with Gasteiger partial charge in [0.2, 0.25) is 0 Å². The van der Waals surface area contributed by atoms with Crippen LogP contribution in [0.25, 0.3) is 6.08 Å². The molecule has 0 unspecified atom stereocenters. The van der Waals surface area contributed by atoms with Crippen LogP contribution in [0.2, 0.25) is 0 Å². The van der Waals surface area contributed by atoms with Gasteiger partial charge in [-0.05, 0) is 92.0 Å². The van der Waals surface area contributed by atoms with Crippen molar-refractivity contribution in [3.05, 3.63) is 86.8 Å². The molecule has 4 amide bonds. The normalized spacial score (nSPS) is 15.3. The highest BCUT2D eigenvalue weighted by Gasteiger charge is 2.37. The maximum Gasteiger partial charge on any atom is 0.339 e. The maximum absolute atomic E-state index is 13.0. The van der Waals surface area contributed by atoms with E-state index < -0.39 is 28.0 Å². The molecule has 0 spiro atoms. The van der Waals surface area contributed by atoms with E-state index in [0.717, 1.165) is 4.90 Å². The molecule has 1 heterocycles. The van der Waals surface area contributed by atoms with Crippen LogP contribution in [-0.2, 0) is 19.7 Å². The van der Waals surface area contributed by atoms with E-state index in [9.17, 15) is 27.9 Å². The molecule has 1 fully saturated rings. The largest absolute Gasteiger partial charge is 0.508 e. The topological polar surface area (TPSA) is 130 Å². The zero-order valence-corrected chi connectivity index (χ0v) is 21.4. The van der Waals surface area contributed by atoms with Gasteiger partial charge in [-0.1, -0.05) is 18.2 Å². The Labute approximate surface area is 216 Å². The van der Waals surface area contributed by atoms with Crippen molar-refractivity contribution in [2.45, 2.75) is 4.90 Å². The molecular weight excluding hydrogens is 608 g/mol. The third-order valence-electron chi connectivity index (χ3n) is 4.77. The van der Waals surface area contributed by atoms with Crippen LogP contribution in [0.1, 0.15) is 5.56 Å². The molecule has 178 valence electrons. The molecule has 0 saturated carbocycles. The number of carbonyl (C=O) groups is 3. The SMILES string of the molecule is O=C1NC(=O)N(c2ccc(O)cc2)C(=O)/C1=C/c1cc(Br)c(OS(=O)(=O)c2ccccc2)c(Br)c1. The van der Waals surface area contributed by atoms with Crippen molar-refractivity contribution in [1.29, 1.82) is 0 Å². The minimum atomic E-state index is -4.12. The molecule has 1 saturated heterocycles. The van der Waals surface area contributed by atoms with E-state index in [4.69, 9.17) is 4.18 Å². The molecule has 35 heavy (non-hydrogen) atoms. The van der Waals surface area contributed by atoms with E-state index in [1.54, 1.807) is 18.2 Å². The number of amides is 4. The maximum atomic E-state index is 13.0. The van der Waals surface area contributed by atoms with Crippen LogP contribution in [0, 0.1) is 0 Å². The molecule has 4 rings (SSSR count). The number of aromatic hydroxyl groups is 1. The van der Waals surface area contributed by atoms with Gasteiger partial charge in [0.25, 0.3) is 11.8 Å². The molecule has 1 aliphatic rings. The zero-order chi connectivity index (χ0) is 25.3. The fourth-order valence-corrected chi connectivity index (χ4v) is 5.73. The summed E-state index contributed by atoms with van der Waals surface area (Å²) in [6.45, 7) is 0. The number of benzene rings is 3. The molecule has 0 bridgehead atoms. The Morgan fingerprint density at radius 3 is 2.11 bits per heavy atom. The van der Waals surface area contributed by atoms with E-state index in [2.05, 4.69) is 37.2 Å². The quantitative estimate of drug-likeness (QED) is 0.246. The van der Waals surface area contributed by atoms with Gasteiger partial charge in [0.15, 0.2) is 5.75 Å². The fourth-order valence-electron chi connectivity index (χ4n) is 3.15. The number of imide groups is 2. The molecule has 2 N–H and O–H groups in total. The van der Waals surface area contributed by atoms with Gasteiger partial charge >= 0.3 is 16.1 Å². The molecule has 12 heteroatoms. The van der Waals surface area contributed by atoms with Gasteiger partial charge in [-0.2, -0.15) is 8.42 Å². The van der Waals surface area contributed by atoms with E-state index >= 15 is 0 Å². The van der Waals surface area contributed by atoms with E-state index in [1.807, 2.05) is 0 Å². The Balaban J connectivity index is 1.67. The van der Waals surface area contributed by atoms with Crippen LogP contribution in [-0.4, -0.2) is 31.4 Å². The van der Waals surface area contributed by atoms with Crippen molar-refractivity contribution in [1.82, 2.24) is 5.32 Å².